The highest BCUT2D eigenvalue weighted by atomic mass is 35.5. The minimum atomic E-state index is -4.53. The van der Waals surface area contributed by atoms with Crippen LogP contribution >= 0.6 is 11.6 Å². The number of hydrogen-bond acceptors (Lipinski definition) is 1. The van der Waals surface area contributed by atoms with Crippen LogP contribution in [0, 0.1) is 6.57 Å². The molecule has 0 atom stereocenters. The van der Waals surface area contributed by atoms with Crippen LogP contribution in [0.4, 0.5) is 18.9 Å². The van der Waals surface area contributed by atoms with Crippen molar-refractivity contribution < 1.29 is 13.2 Å². The van der Waals surface area contributed by atoms with Crippen molar-refractivity contribution in [3.05, 3.63) is 46.4 Å². The fourth-order valence-electron chi connectivity index (χ4n) is 1.39. The fraction of sp³-hybridized carbons (Fsp3) is 0.0909. The third-order valence-corrected chi connectivity index (χ3v) is 2.47. The van der Waals surface area contributed by atoms with Gasteiger partial charge in [-0.3, -0.25) is 0 Å². The molecule has 0 radical (unpaired) electrons. The average molecular weight is 257 g/mol. The van der Waals surface area contributed by atoms with E-state index in [0.717, 1.165) is 6.07 Å². The van der Waals surface area contributed by atoms with Crippen LogP contribution in [-0.2, 0) is 6.18 Å². The molecule has 1 aromatic heterocycles. The lowest BCUT2D eigenvalue weighted by molar-refractivity contribution is -0.140. The summed E-state index contributed by atoms with van der Waals surface area (Å²) in [7, 11) is 0. The quantitative estimate of drug-likeness (QED) is 0.636. The molecule has 0 fully saturated rings. The van der Waals surface area contributed by atoms with E-state index in [9.17, 15) is 13.2 Å². The van der Waals surface area contributed by atoms with Crippen LogP contribution in [0.2, 0.25) is 5.02 Å². The number of benzene rings is 1. The van der Waals surface area contributed by atoms with Gasteiger partial charge in [-0.15, -0.1) is 0 Å². The van der Waals surface area contributed by atoms with Gasteiger partial charge in [0.15, 0.2) is 5.69 Å². The first-order chi connectivity index (χ1) is 7.91. The maximum atomic E-state index is 12.5. The van der Waals surface area contributed by atoms with Crippen molar-refractivity contribution in [3.63, 3.8) is 0 Å². The van der Waals surface area contributed by atoms with Crippen molar-refractivity contribution in [1.82, 2.24) is 4.98 Å². The van der Waals surface area contributed by atoms with Crippen molar-refractivity contribution in [1.29, 1.82) is 0 Å². The van der Waals surface area contributed by atoms with Gasteiger partial charge in [0, 0.05) is 5.39 Å². The third kappa shape index (κ3) is 2.17. The summed E-state index contributed by atoms with van der Waals surface area (Å²) < 4.78 is 37.4. The van der Waals surface area contributed by atoms with Crippen LogP contribution in [0.3, 0.4) is 0 Å². The molecule has 0 saturated heterocycles. The average Bonchev–Trinajstić information content (AvgIpc) is 2.27. The Morgan fingerprint density at radius 2 is 1.94 bits per heavy atom. The number of pyridine rings is 1. The lowest BCUT2D eigenvalue weighted by atomic mass is 10.2. The lowest BCUT2D eigenvalue weighted by Crippen LogP contribution is -2.07. The van der Waals surface area contributed by atoms with Gasteiger partial charge in [0.2, 0.25) is 0 Å². The van der Waals surface area contributed by atoms with E-state index in [2.05, 4.69) is 9.83 Å². The smallest absolute Gasteiger partial charge is 0.243 e. The molecule has 0 saturated carbocycles. The molecular formula is C11H4ClF3N2. The zero-order valence-electron chi connectivity index (χ0n) is 8.22. The summed E-state index contributed by atoms with van der Waals surface area (Å²) >= 11 is 5.75. The predicted octanol–water partition coefficient (Wildman–Crippen LogP) is 4.46. The van der Waals surface area contributed by atoms with Crippen molar-refractivity contribution in [2.45, 2.75) is 6.18 Å². The van der Waals surface area contributed by atoms with Crippen LogP contribution in [0.5, 0.6) is 0 Å². The second kappa shape index (κ2) is 3.90. The molecule has 0 aliphatic heterocycles. The van der Waals surface area contributed by atoms with Crippen molar-refractivity contribution in [2.75, 3.05) is 0 Å². The van der Waals surface area contributed by atoms with Crippen LogP contribution in [0.25, 0.3) is 15.7 Å². The Morgan fingerprint density at radius 1 is 1.24 bits per heavy atom. The molecule has 0 aliphatic carbocycles. The number of hydrogen-bond donors (Lipinski definition) is 0. The minimum Gasteiger partial charge on any atom is -0.243 e. The number of halogens is 4. The largest absolute Gasteiger partial charge is 0.433 e. The van der Waals surface area contributed by atoms with E-state index in [1.54, 1.807) is 0 Å². The van der Waals surface area contributed by atoms with E-state index >= 15 is 0 Å². The minimum absolute atomic E-state index is 0.0622. The van der Waals surface area contributed by atoms with Crippen molar-refractivity contribution in [2.24, 2.45) is 0 Å². The van der Waals surface area contributed by atoms with Crippen LogP contribution in [-0.4, -0.2) is 4.98 Å². The Morgan fingerprint density at radius 3 is 2.53 bits per heavy atom. The Balaban J connectivity index is 2.73. The normalized spacial score (nSPS) is 11.5. The molecule has 0 spiro atoms. The van der Waals surface area contributed by atoms with E-state index in [0.29, 0.717) is 11.1 Å². The number of fused-ring (bicyclic) bond motifs is 1. The van der Waals surface area contributed by atoms with E-state index in [1.165, 1.54) is 18.2 Å². The number of rotatable bonds is 0. The van der Waals surface area contributed by atoms with Gasteiger partial charge < -0.3 is 0 Å². The standard InChI is InChI=1S/C11H4ClF3N2/c1-16-6-2-3-9-7(4-6)8(12)5-10(17-9)11(13,14)15/h2-5H. The number of alkyl halides is 3. The predicted molar refractivity (Wildman–Crippen MR) is 58.0 cm³/mol. The summed E-state index contributed by atoms with van der Waals surface area (Å²) in [5, 5.41) is 0.279. The highest BCUT2D eigenvalue weighted by Gasteiger charge is 2.33. The molecule has 1 heterocycles. The lowest BCUT2D eigenvalue weighted by Gasteiger charge is -2.08. The third-order valence-electron chi connectivity index (χ3n) is 2.16. The molecule has 86 valence electrons. The van der Waals surface area contributed by atoms with E-state index in [-0.39, 0.29) is 10.5 Å². The van der Waals surface area contributed by atoms with Gasteiger partial charge in [-0.25, -0.2) is 9.83 Å². The van der Waals surface area contributed by atoms with E-state index in [4.69, 9.17) is 18.2 Å². The van der Waals surface area contributed by atoms with Gasteiger partial charge in [-0.2, -0.15) is 13.2 Å². The van der Waals surface area contributed by atoms with E-state index < -0.39 is 11.9 Å². The molecule has 0 amide bonds. The highest BCUT2D eigenvalue weighted by Crippen LogP contribution is 2.33. The Kier molecular flexibility index (Phi) is 2.68. The topological polar surface area (TPSA) is 17.2 Å². The summed E-state index contributed by atoms with van der Waals surface area (Å²) in [4.78, 5) is 6.64. The first-order valence-corrected chi connectivity index (χ1v) is 4.84. The van der Waals surface area contributed by atoms with Crippen LogP contribution in [0.1, 0.15) is 5.69 Å². The molecule has 17 heavy (non-hydrogen) atoms. The van der Waals surface area contributed by atoms with Crippen LogP contribution in [0.15, 0.2) is 24.3 Å². The number of aromatic nitrogens is 1. The molecule has 6 heteroatoms. The molecule has 0 unspecified atom stereocenters. The molecule has 0 N–H and O–H groups in total. The Hall–Kier alpha value is -1.80. The summed E-state index contributed by atoms with van der Waals surface area (Å²) in [6.07, 6.45) is -4.53. The zero-order chi connectivity index (χ0) is 12.6. The van der Waals surface area contributed by atoms with Gasteiger partial charge >= 0.3 is 6.18 Å². The second-order valence-corrected chi connectivity index (χ2v) is 3.71. The SMILES string of the molecule is [C-]#[N+]c1ccc2nc(C(F)(F)F)cc(Cl)c2c1. The highest BCUT2D eigenvalue weighted by molar-refractivity contribution is 6.35. The summed E-state index contributed by atoms with van der Waals surface area (Å²) in [6, 6.07) is 4.93. The Labute approximate surface area is 99.5 Å². The molecule has 2 aromatic rings. The number of nitrogens with zero attached hydrogens (tertiary/aromatic N) is 2. The monoisotopic (exact) mass is 256 g/mol. The van der Waals surface area contributed by atoms with Crippen molar-refractivity contribution in [3.8, 4) is 0 Å². The van der Waals surface area contributed by atoms with Crippen molar-refractivity contribution >= 4 is 28.2 Å². The van der Waals surface area contributed by atoms with Gasteiger partial charge in [-0.05, 0) is 18.2 Å². The van der Waals surface area contributed by atoms with Gasteiger partial charge in [0.25, 0.3) is 0 Å². The Bertz CT molecular complexity index is 629. The van der Waals surface area contributed by atoms with Gasteiger partial charge in [-0.1, -0.05) is 17.7 Å². The van der Waals surface area contributed by atoms with Gasteiger partial charge in [0.1, 0.15) is 5.69 Å². The molecule has 0 bridgehead atoms. The van der Waals surface area contributed by atoms with Gasteiger partial charge in [0.05, 0.1) is 17.1 Å². The second-order valence-electron chi connectivity index (χ2n) is 3.30. The van der Waals surface area contributed by atoms with E-state index in [1.807, 2.05) is 0 Å². The summed E-state index contributed by atoms with van der Waals surface area (Å²) in [5.41, 5.74) is -0.608. The molecule has 1 aromatic carbocycles. The fourth-order valence-corrected chi connectivity index (χ4v) is 1.64. The first kappa shape index (κ1) is 11.7. The van der Waals surface area contributed by atoms with Crippen LogP contribution < -0.4 is 0 Å². The maximum absolute atomic E-state index is 12.5. The molecule has 2 nitrogen and oxygen atoms in total. The molecular weight excluding hydrogens is 253 g/mol. The summed E-state index contributed by atoms with van der Waals surface area (Å²) in [5.74, 6) is 0. The molecule has 2 rings (SSSR count). The summed E-state index contributed by atoms with van der Waals surface area (Å²) in [6.45, 7) is 6.81. The first-order valence-electron chi connectivity index (χ1n) is 4.47. The maximum Gasteiger partial charge on any atom is 0.433 e. The zero-order valence-corrected chi connectivity index (χ0v) is 8.97. The molecule has 0 aliphatic rings.